The Morgan fingerprint density at radius 1 is 1.60 bits per heavy atom. The van der Waals surface area contributed by atoms with Crippen LogP contribution in [-0.4, -0.2) is 24.6 Å². The number of nitrogens with zero attached hydrogens (tertiary/aromatic N) is 1. The van der Waals surface area contributed by atoms with Gasteiger partial charge in [0.1, 0.15) is 6.26 Å². The topological polar surface area (TPSA) is 47.3 Å². The zero-order chi connectivity index (χ0) is 11.1. The first kappa shape index (κ1) is 11.9. The Bertz CT molecular complexity index is 279. The molecule has 0 aromatic carbocycles. The Morgan fingerprint density at radius 3 is 3.07 bits per heavy atom. The van der Waals surface area contributed by atoms with E-state index >= 15 is 0 Å². The van der Waals surface area contributed by atoms with Gasteiger partial charge in [-0.2, -0.15) is 4.98 Å². The van der Waals surface area contributed by atoms with Gasteiger partial charge in [0.2, 0.25) is 0 Å². The molecule has 4 nitrogen and oxygen atoms in total. The highest BCUT2D eigenvalue weighted by Crippen LogP contribution is 2.10. The molecule has 6 heteroatoms. The maximum Gasteiger partial charge on any atom is 0.393 e. The average molecular weight is 220 g/mol. The maximum atomic E-state index is 11.8. The van der Waals surface area contributed by atoms with Crippen molar-refractivity contribution in [3.8, 4) is 6.08 Å². The summed E-state index contributed by atoms with van der Waals surface area (Å²) in [6.07, 6.45) is -0.210. The van der Waals surface area contributed by atoms with E-state index in [0.29, 0.717) is 12.2 Å². The van der Waals surface area contributed by atoms with Crippen LogP contribution in [0.25, 0.3) is 0 Å². The van der Waals surface area contributed by atoms with E-state index in [-0.39, 0.29) is 6.08 Å². The molecule has 86 valence electrons. The van der Waals surface area contributed by atoms with Crippen molar-refractivity contribution in [2.75, 3.05) is 13.2 Å². The second kappa shape index (κ2) is 6.34. The summed E-state index contributed by atoms with van der Waals surface area (Å²) in [6, 6.07) is 0. The number of ether oxygens (including phenoxy) is 1. The van der Waals surface area contributed by atoms with Gasteiger partial charge in [0.05, 0.1) is 5.69 Å². The minimum atomic E-state index is -2.52. The lowest BCUT2D eigenvalue weighted by Gasteiger charge is -1.98. The molecule has 0 saturated carbocycles. The summed E-state index contributed by atoms with van der Waals surface area (Å²) in [4.78, 5) is 3.87. The molecule has 0 aliphatic carbocycles. The highest BCUT2D eigenvalue weighted by atomic mass is 19.3. The molecule has 0 spiro atoms. The Labute approximate surface area is 86.6 Å². The maximum absolute atomic E-state index is 11.8. The van der Waals surface area contributed by atoms with Crippen molar-refractivity contribution < 1.29 is 17.9 Å². The number of halogens is 2. The van der Waals surface area contributed by atoms with Gasteiger partial charge in [-0.15, -0.1) is 0 Å². The van der Waals surface area contributed by atoms with Crippen molar-refractivity contribution in [1.82, 2.24) is 10.3 Å². The number of nitrogens with one attached hydrogen (secondary N) is 1. The lowest BCUT2D eigenvalue weighted by molar-refractivity contribution is 0.0658. The van der Waals surface area contributed by atoms with Gasteiger partial charge in [-0.1, -0.05) is 6.92 Å². The summed E-state index contributed by atoms with van der Waals surface area (Å²) in [6.45, 7) is 2.78. The molecule has 0 aliphatic heterocycles. The van der Waals surface area contributed by atoms with Gasteiger partial charge in [-0.05, 0) is 13.0 Å². The Kier molecular flexibility index (Phi) is 5.03. The molecule has 15 heavy (non-hydrogen) atoms. The predicted octanol–water partition coefficient (Wildman–Crippen LogP) is 1.82. The summed E-state index contributed by atoms with van der Waals surface area (Å²) in [5, 5.41) is 3.10. The minimum absolute atomic E-state index is 0.108. The zero-order valence-electron chi connectivity index (χ0n) is 8.50. The standard InChI is InChI=1S/C9H14F2N2O2/c1-2-3-12-4-7-5-14-9(13-7)15-6-8(10)11/h5,8,12H,2-4,6H2,1H3. The SMILES string of the molecule is CCCNCc1coc(OCC(F)F)n1. The van der Waals surface area contributed by atoms with Crippen molar-refractivity contribution in [2.45, 2.75) is 26.3 Å². The lowest BCUT2D eigenvalue weighted by atomic mass is 10.4. The van der Waals surface area contributed by atoms with Crippen LogP contribution < -0.4 is 10.1 Å². The molecule has 1 aromatic heterocycles. The predicted molar refractivity (Wildman–Crippen MR) is 50.0 cm³/mol. The van der Waals surface area contributed by atoms with Crippen LogP contribution in [0.1, 0.15) is 19.0 Å². The van der Waals surface area contributed by atoms with Crippen molar-refractivity contribution in [3.63, 3.8) is 0 Å². The molecule has 0 saturated heterocycles. The zero-order valence-corrected chi connectivity index (χ0v) is 8.50. The monoisotopic (exact) mass is 220 g/mol. The fraction of sp³-hybridized carbons (Fsp3) is 0.667. The van der Waals surface area contributed by atoms with Crippen molar-refractivity contribution >= 4 is 0 Å². The molecular formula is C9H14F2N2O2. The summed E-state index contributed by atoms with van der Waals surface area (Å²) < 4.78 is 33.0. The summed E-state index contributed by atoms with van der Waals surface area (Å²) in [5.74, 6) is 0. The molecular weight excluding hydrogens is 206 g/mol. The Balaban J connectivity index is 2.29. The van der Waals surface area contributed by atoms with Crippen LogP contribution >= 0.6 is 0 Å². The van der Waals surface area contributed by atoms with Gasteiger partial charge in [0.25, 0.3) is 6.43 Å². The molecule has 1 N–H and O–H groups in total. The van der Waals surface area contributed by atoms with E-state index in [0.717, 1.165) is 13.0 Å². The van der Waals surface area contributed by atoms with Crippen LogP contribution in [0.2, 0.25) is 0 Å². The lowest BCUT2D eigenvalue weighted by Crippen LogP contribution is -2.14. The number of rotatable bonds is 7. The third-order valence-corrected chi connectivity index (χ3v) is 1.60. The van der Waals surface area contributed by atoms with Crippen LogP contribution in [0, 0.1) is 0 Å². The molecule has 0 radical (unpaired) electrons. The molecule has 0 unspecified atom stereocenters. The average Bonchev–Trinajstić information content (AvgIpc) is 2.63. The number of hydrogen-bond donors (Lipinski definition) is 1. The van der Waals surface area contributed by atoms with E-state index < -0.39 is 13.0 Å². The van der Waals surface area contributed by atoms with Gasteiger partial charge in [0, 0.05) is 6.54 Å². The van der Waals surface area contributed by atoms with Gasteiger partial charge in [-0.3, -0.25) is 0 Å². The summed E-state index contributed by atoms with van der Waals surface area (Å²) in [5.41, 5.74) is 0.646. The van der Waals surface area contributed by atoms with E-state index in [9.17, 15) is 8.78 Å². The smallest absolute Gasteiger partial charge is 0.393 e. The van der Waals surface area contributed by atoms with Crippen molar-refractivity contribution in [1.29, 1.82) is 0 Å². The van der Waals surface area contributed by atoms with Crippen molar-refractivity contribution in [3.05, 3.63) is 12.0 Å². The highest BCUT2D eigenvalue weighted by molar-refractivity contribution is 4.99. The molecule has 0 bridgehead atoms. The van der Waals surface area contributed by atoms with E-state index in [4.69, 9.17) is 4.42 Å². The van der Waals surface area contributed by atoms with Crippen molar-refractivity contribution in [2.24, 2.45) is 0 Å². The molecule has 1 heterocycles. The van der Waals surface area contributed by atoms with Crippen LogP contribution in [0.15, 0.2) is 10.7 Å². The molecule has 0 atom stereocenters. The van der Waals surface area contributed by atoms with E-state index in [1.54, 1.807) is 0 Å². The van der Waals surface area contributed by atoms with E-state index in [2.05, 4.69) is 15.0 Å². The van der Waals surface area contributed by atoms with Gasteiger partial charge in [-0.25, -0.2) is 8.78 Å². The number of aromatic nitrogens is 1. The fourth-order valence-electron chi connectivity index (χ4n) is 0.963. The second-order valence-corrected chi connectivity index (χ2v) is 2.98. The normalized spacial score (nSPS) is 10.9. The number of alkyl halides is 2. The quantitative estimate of drug-likeness (QED) is 0.712. The molecule has 0 aliphatic rings. The molecule has 1 rings (SSSR count). The summed E-state index contributed by atoms with van der Waals surface area (Å²) >= 11 is 0. The first-order valence-electron chi connectivity index (χ1n) is 4.78. The van der Waals surface area contributed by atoms with Gasteiger partial charge >= 0.3 is 6.08 Å². The third kappa shape index (κ3) is 4.73. The first-order chi connectivity index (χ1) is 7.22. The fourth-order valence-corrected chi connectivity index (χ4v) is 0.963. The molecule has 0 fully saturated rings. The number of oxazole rings is 1. The van der Waals surface area contributed by atoms with Gasteiger partial charge < -0.3 is 14.5 Å². The van der Waals surface area contributed by atoms with E-state index in [1.165, 1.54) is 6.26 Å². The highest BCUT2D eigenvalue weighted by Gasteiger charge is 2.08. The molecule has 1 aromatic rings. The Hall–Kier alpha value is -1.17. The van der Waals surface area contributed by atoms with Crippen LogP contribution in [-0.2, 0) is 6.54 Å². The second-order valence-electron chi connectivity index (χ2n) is 2.98. The molecule has 0 amide bonds. The van der Waals surface area contributed by atoms with Crippen LogP contribution in [0.5, 0.6) is 6.08 Å². The summed E-state index contributed by atoms with van der Waals surface area (Å²) in [7, 11) is 0. The van der Waals surface area contributed by atoms with Crippen LogP contribution in [0.3, 0.4) is 0 Å². The third-order valence-electron chi connectivity index (χ3n) is 1.60. The van der Waals surface area contributed by atoms with Gasteiger partial charge in [0.15, 0.2) is 6.61 Å². The first-order valence-corrected chi connectivity index (χ1v) is 4.78. The Morgan fingerprint density at radius 2 is 2.40 bits per heavy atom. The largest absolute Gasteiger partial charge is 0.444 e. The number of hydrogen-bond acceptors (Lipinski definition) is 4. The van der Waals surface area contributed by atoms with Crippen LogP contribution in [0.4, 0.5) is 8.78 Å². The van der Waals surface area contributed by atoms with E-state index in [1.807, 2.05) is 6.92 Å². The minimum Gasteiger partial charge on any atom is -0.444 e.